The van der Waals surface area contributed by atoms with Gasteiger partial charge in [-0.3, -0.25) is 0 Å². The van der Waals surface area contributed by atoms with Gasteiger partial charge in [0, 0.05) is 12.2 Å². The van der Waals surface area contributed by atoms with Crippen molar-refractivity contribution in [2.45, 2.75) is 44.1 Å². The van der Waals surface area contributed by atoms with E-state index in [1.54, 1.807) is 0 Å². The number of rotatable bonds is 7. The van der Waals surface area contributed by atoms with Gasteiger partial charge in [0.25, 0.3) is 0 Å². The predicted octanol–water partition coefficient (Wildman–Crippen LogP) is 3.40. The highest BCUT2D eigenvalue weighted by atomic mass is 16.6. The fraction of sp³-hybridized carbons (Fsp3) is 0.444. The molecule has 0 saturated carbocycles. The Morgan fingerprint density at radius 2 is 1.59 bits per heavy atom. The maximum atomic E-state index is 11.9. The Bertz CT molecular complexity index is 515. The molecule has 22 heavy (non-hydrogen) atoms. The molecule has 0 fully saturated rings. The third-order valence-electron chi connectivity index (χ3n) is 4.15. The number of allylic oxidation sites excluding steroid dienone is 2. The molecule has 0 radical (unpaired) electrons. The van der Waals surface area contributed by atoms with E-state index >= 15 is 0 Å². The lowest BCUT2D eigenvalue weighted by molar-refractivity contribution is -0.158. The molecular weight excluding hydrogens is 280 g/mol. The van der Waals surface area contributed by atoms with Crippen LogP contribution in [0.15, 0.2) is 48.6 Å². The highest BCUT2D eigenvalue weighted by Gasteiger charge is 2.44. The van der Waals surface area contributed by atoms with Crippen molar-refractivity contribution in [3.05, 3.63) is 48.6 Å². The van der Waals surface area contributed by atoms with E-state index in [4.69, 9.17) is 9.47 Å². The van der Waals surface area contributed by atoms with Gasteiger partial charge in [-0.05, 0) is 49.7 Å². The van der Waals surface area contributed by atoms with E-state index in [0.717, 1.165) is 61.8 Å². The number of esters is 2. The lowest BCUT2D eigenvalue weighted by Gasteiger charge is -2.35. The van der Waals surface area contributed by atoms with Gasteiger partial charge in [-0.2, -0.15) is 0 Å². The monoisotopic (exact) mass is 302 g/mol. The summed E-state index contributed by atoms with van der Waals surface area (Å²) in [5.41, 5.74) is 1.07. The van der Waals surface area contributed by atoms with Gasteiger partial charge in [-0.1, -0.05) is 25.3 Å². The van der Waals surface area contributed by atoms with Gasteiger partial charge >= 0.3 is 11.9 Å². The fourth-order valence-corrected chi connectivity index (χ4v) is 3.07. The molecule has 0 heterocycles. The minimum atomic E-state index is -0.975. The maximum Gasteiger partial charge on any atom is 0.331 e. The summed E-state index contributed by atoms with van der Waals surface area (Å²) in [6.07, 6.45) is 12.1. The van der Waals surface area contributed by atoms with Gasteiger partial charge < -0.3 is 9.47 Å². The van der Waals surface area contributed by atoms with Gasteiger partial charge in [-0.15, -0.1) is 0 Å². The SMILES string of the molecule is C=CC(=O)OCC(OC(=O)C=C)(C1=CCCC1)C1=CCCC1. The van der Waals surface area contributed by atoms with E-state index in [9.17, 15) is 9.59 Å². The standard InChI is InChI=1S/C18H22O4/c1-3-16(19)21-13-18(22-17(20)4-2,14-9-5-6-10-14)15-11-7-8-12-15/h3-4,9,11H,1-2,5-8,10,12-13H2. The Hall–Kier alpha value is -2.10. The van der Waals surface area contributed by atoms with Crippen LogP contribution in [0.2, 0.25) is 0 Å². The van der Waals surface area contributed by atoms with Gasteiger partial charge in [0.15, 0.2) is 5.60 Å². The molecule has 0 spiro atoms. The molecule has 0 amide bonds. The van der Waals surface area contributed by atoms with E-state index in [0.29, 0.717) is 0 Å². The predicted molar refractivity (Wildman–Crippen MR) is 84.0 cm³/mol. The summed E-state index contributed by atoms with van der Waals surface area (Å²) in [5, 5.41) is 0. The van der Waals surface area contributed by atoms with Crippen LogP contribution in [0.1, 0.15) is 38.5 Å². The molecule has 0 bridgehead atoms. The molecule has 4 nitrogen and oxygen atoms in total. The van der Waals surface area contributed by atoms with E-state index in [1.807, 2.05) is 0 Å². The Labute approximate surface area is 131 Å². The molecular formula is C18H22O4. The van der Waals surface area contributed by atoms with Crippen LogP contribution >= 0.6 is 0 Å². The van der Waals surface area contributed by atoms with Crippen molar-refractivity contribution in [3.63, 3.8) is 0 Å². The molecule has 0 atom stereocenters. The summed E-state index contributed by atoms with van der Waals surface area (Å²) in [6.45, 7) is 6.87. The molecule has 2 aliphatic carbocycles. The average Bonchev–Trinajstić information content (AvgIpc) is 3.24. The van der Waals surface area contributed by atoms with Crippen molar-refractivity contribution in [1.29, 1.82) is 0 Å². The van der Waals surface area contributed by atoms with E-state index in [-0.39, 0.29) is 6.61 Å². The van der Waals surface area contributed by atoms with Gasteiger partial charge in [0.1, 0.15) is 6.61 Å². The molecule has 0 aromatic rings. The zero-order valence-corrected chi connectivity index (χ0v) is 12.8. The summed E-state index contributed by atoms with van der Waals surface area (Å²) in [4.78, 5) is 23.4. The highest BCUT2D eigenvalue weighted by Crippen LogP contribution is 2.41. The Morgan fingerprint density at radius 3 is 2.00 bits per heavy atom. The summed E-state index contributed by atoms with van der Waals surface area (Å²) in [6, 6.07) is 0. The molecule has 0 N–H and O–H groups in total. The molecule has 0 aromatic heterocycles. The Morgan fingerprint density at radius 1 is 1.05 bits per heavy atom. The smallest absolute Gasteiger partial charge is 0.331 e. The number of hydrogen-bond donors (Lipinski definition) is 0. The minimum absolute atomic E-state index is 0.00486. The second-order valence-corrected chi connectivity index (χ2v) is 5.51. The molecule has 2 aliphatic rings. The zero-order chi connectivity index (χ0) is 16.0. The minimum Gasteiger partial charge on any atom is -0.458 e. The first-order valence-corrected chi connectivity index (χ1v) is 7.66. The number of hydrogen-bond acceptors (Lipinski definition) is 4. The van der Waals surface area contributed by atoms with Crippen LogP contribution < -0.4 is 0 Å². The number of ether oxygens (including phenoxy) is 2. The first-order chi connectivity index (χ1) is 10.6. The zero-order valence-electron chi connectivity index (χ0n) is 12.8. The quantitative estimate of drug-likeness (QED) is 0.411. The molecule has 2 rings (SSSR count). The number of carbonyl (C=O) groups excluding carboxylic acids is 2. The van der Waals surface area contributed by atoms with Crippen molar-refractivity contribution in [3.8, 4) is 0 Å². The van der Waals surface area contributed by atoms with E-state index < -0.39 is 17.5 Å². The van der Waals surface area contributed by atoms with Gasteiger partial charge in [0.05, 0.1) is 0 Å². The third-order valence-corrected chi connectivity index (χ3v) is 4.15. The van der Waals surface area contributed by atoms with Gasteiger partial charge in [0.2, 0.25) is 0 Å². The van der Waals surface area contributed by atoms with Crippen LogP contribution in [-0.2, 0) is 19.1 Å². The Balaban J connectivity index is 2.36. The second kappa shape index (κ2) is 7.25. The van der Waals surface area contributed by atoms with Crippen LogP contribution in [-0.4, -0.2) is 24.1 Å². The summed E-state index contributed by atoms with van der Waals surface area (Å²) >= 11 is 0. The normalized spacial score (nSPS) is 17.5. The average molecular weight is 302 g/mol. The maximum absolute atomic E-state index is 11.9. The van der Waals surface area contributed by atoms with Crippen LogP contribution in [0.3, 0.4) is 0 Å². The summed E-state index contributed by atoms with van der Waals surface area (Å²) < 4.78 is 11.0. The first kappa shape index (κ1) is 16.3. The van der Waals surface area contributed by atoms with Gasteiger partial charge in [-0.25, -0.2) is 9.59 Å². The van der Waals surface area contributed by atoms with Crippen molar-refractivity contribution < 1.29 is 19.1 Å². The number of carbonyl (C=O) groups is 2. The van der Waals surface area contributed by atoms with E-state index in [2.05, 4.69) is 25.3 Å². The topological polar surface area (TPSA) is 52.6 Å². The highest BCUT2D eigenvalue weighted by molar-refractivity contribution is 5.83. The second-order valence-electron chi connectivity index (χ2n) is 5.51. The van der Waals surface area contributed by atoms with Crippen molar-refractivity contribution in [1.82, 2.24) is 0 Å². The van der Waals surface area contributed by atoms with Crippen LogP contribution in [0.4, 0.5) is 0 Å². The van der Waals surface area contributed by atoms with E-state index in [1.165, 1.54) is 0 Å². The molecule has 4 heteroatoms. The molecule has 118 valence electrons. The lowest BCUT2D eigenvalue weighted by atomic mass is 9.84. The molecule has 0 unspecified atom stereocenters. The summed E-state index contributed by atoms with van der Waals surface area (Å²) in [5.74, 6) is -1.02. The molecule has 0 saturated heterocycles. The fourth-order valence-electron chi connectivity index (χ4n) is 3.07. The lowest BCUT2D eigenvalue weighted by Crippen LogP contribution is -2.43. The molecule has 0 aliphatic heterocycles. The summed E-state index contributed by atoms with van der Waals surface area (Å²) in [7, 11) is 0. The Kier molecular flexibility index (Phi) is 5.36. The van der Waals surface area contributed by atoms with Crippen LogP contribution in [0.25, 0.3) is 0 Å². The van der Waals surface area contributed by atoms with Crippen molar-refractivity contribution >= 4 is 11.9 Å². The third kappa shape index (κ3) is 3.38. The van der Waals surface area contributed by atoms with Crippen molar-refractivity contribution in [2.75, 3.05) is 6.61 Å². The van der Waals surface area contributed by atoms with Crippen molar-refractivity contribution in [2.24, 2.45) is 0 Å². The first-order valence-electron chi connectivity index (χ1n) is 7.66. The molecule has 0 aromatic carbocycles. The van der Waals surface area contributed by atoms with Crippen LogP contribution in [0, 0.1) is 0 Å². The van der Waals surface area contributed by atoms with Crippen LogP contribution in [0.5, 0.6) is 0 Å². The largest absolute Gasteiger partial charge is 0.458 e.